The summed E-state index contributed by atoms with van der Waals surface area (Å²) in [6.45, 7) is 3.78. The van der Waals surface area contributed by atoms with E-state index in [2.05, 4.69) is 46.8 Å². The second-order valence-electron chi connectivity index (χ2n) is 5.83. The molecule has 0 saturated carbocycles. The Morgan fingerprint density at radius 2 is 2.09 bits per heavy atom. The Morgan fingerprint density at radius 1 is 1.27 bits per heavy atom. The summed E-state index contributed by atoms with van der Waals surface area (Å²) >= 11 is 0. The van der Waals surface area contributed by atoms with Crippen LogP contribution in [0.5, 0.6) is 0 Å². The molecule has 1 atom stereocenters. The molecule has 1 fully saturated rings. The second kappa shape index (κ2) is 6.71. The fourth-order valence-electron chi connectivity index (χ4n) is 2.72. The molecule has 2 N–H and O–H groups in total. The number of benzene rings is 1. The van der Waals surface area contributed by atoms with E-state index in [1.54, 1.807) is 12.4 Å². The van der Waals surface area contributed by atoms with Gasteiger partial charge in [-0.15, -0.1) is 0 Å². The second-order valence-corrected chi connectivity index (χ2v) is 5.83. The molecule has 0 aliphatic carbocycles. The molecular formula is C18H21N3O. The number of hydrogen-bond donors (Lipinski definition) is 2. The highest BCUT2D eigenvalue weighted by molar-refractivity contribution is 5.95. The van der Waals surface area contributed by atoms with E-state index in [0.29, 0.717) is 18.2 Å². The average Bonchev–Trinajstić information content (AvgIpc) is 3.07. The van der Waals surface area contributed by atoms with Gasteiger partial charge in [0, 0.05) is 30.5 Å². The molecule has 114 valence electrons. The predicted octanol–water partition coefficient (Wildman–Crippen LogP) is 2.54. The van der Waals surface area contributed by atoms with Gasteiger partial charge in [0.15, 0.2) is 0 Å². The van der Waals surface area contributed by atoms with Crippen LogP contribution in [0.15, 0.2) is 42.7 Å². The standard InChI is InChI=1S/C18H21N3O/c1-13-4-6-14(7-5-13)15-9-16(11-19-10-15)18(22)21-12-17-3-2-8-20-17/h4-7,9-11,17,20H,2-3,8,12H2,1H3,(H,21,22). The van der Waals surface area contributed by atoms with Crippen LogP contribution in [0.2, 0.25) is 0 Å². The Hall–Kier alpha value is -2.20. The zero-order valence-electron chi connectivity index (χ0n) is 12.8. The van der Waals surface area contributed by atoms with E-state index in [1.807, 2.05) is 6.07 Å². The van der Waals surface area contributed by atoms with Crippen molar-refractivity contribution < 1.29 is 4.79 Å². The number of carbonyl (C=O) groups is 1. The maximum absolute atomic E-state index is 12.3. The Morgan fingerprint density at radius 3 is 2.82 bits per heavy atom. The van der Waals surface area contributed by atoms with Crippen LogP contribution >= 0.6 is 0 Å². The van der Waals surface area contributed by atoms with Gasteiger partial charge < -0.3 is 10.6 Å². The molecule has 1 aliphatic rings. The third-order valence-corrected chi connectivity index (χ3v) is 4.06. The van der Waals surface area contributed by atoms with Crippen LogP contribution in [0.4, 0.5) is 0 Å². The van der Waals surface area contributed by atoms with Crippen molar-refractivity contribution in [3.63, 3.8) is 0 Å². The summed E-state index contributed by atoms with van der Waals surface area (Å²) in [6, 6.07) is 10.5. The van der Waals surface area contributed by atoms with Crippen LogP contribution in [0, 0.1) is 6.92 Å². The molecule has 1 aromatic heterocycles. The molecule has 3 rings (SSSR count). The van der Waals surface area contributed by atoms with Gasteiger partial charge in [0.25, 0.3) is 5.91 Å². The van der Waals surface area contributed by atoms with E-state index in [-0.39, 0.29) is 5.91 Å². The van der Waals surface area contributed by atoms with Crippen LogP contribution < -0.4 is 10.6 Å². The lowest BCUT2D eigenvalue weighted by molar-refractivity contribution is 0.0950. The first kappa shape index (κ1) is 14.7. The zero-order chi connectivity index (χ0) is 15.4. The monoisotopic (exact) mass is 295 g/mol. The minimum atomic E-state index is -0.0600. The zero-order valence-corrected chi connectivity index (χ0v) is 12.8. The Balaban J connectivity index is 1.69. The lowest BCUT2D eigenvalue weighted by Crippen LogP contribution is -2.37. The Bertz CT molecular complexity index is 646. The Labute approximate surface area is 131 Å². The summed E-state index contributed by atoms with van der Waals surface area (Å²) in [5.74, 6) is -0.0600. The molecule has 4 heteroatoms. The van der Waals surface area contributed by atoms with Crippen LogP contribution in [0.1, 0.15) is 28.8 Å². The van der Waals surface area contributed by atoms with Crippen molar-refractivity contribution in [2.45, 2.75) is 25.8 Å². The highest BCUT2D eigenvalue weighted by Gasteiger charge is 2.15. The average molecular weight is 295 g/mol. The SMILES string of the molecule is Cc1ccc(-c2cncc(C(=O)NCC3CCCN3)c2)cc1. The summed E-state index contributed by atoms with van der Waals surface area (Å²) in [6.07, 6.45) is 5.72. The first-order valence-electron chi connectivity index (χ1n) is 7.76. The van der Waals surface area contributed by atoms with Crippen molar-refractivity contribution in [3.8, 4) is 11.1 Å². The molecule has 0 bridgehead atoms. The number of amides is 1. The molecule has 0 spiro atoms. The largest absolute Gasteiger partial charge is 0.350 e. The van der Waals surface area contributed by atoms with Crippen molar-refractivity contribution in [1.29, 1.82) is 0 Å². The highest BCUT2D eigenvalue weighted by atomic mass is 16.1. The highest BCUT2D eigenvalue weighted by Crippen LogP contribution is 2.19. The molecule has 2 aromatic rings. The predicted molar refractivity (Wildman–Crippen MR) is 87.8 cm³/mol. The third kappa shape index (κ3) is 3.52. The molecule has 1 saturated heterocycles. The van der Waals surface area contributed by atoms with E-state index in [0.717, 1.165) is 24.1 Å². The summed E-state index contributed by atoms with van der Waals surface area (Å²) < 4.78 is 0. The lowest BCUT2D eigenvalue weighted by Gasteiger charge is -2.11. The number of aromatic nitrogens is 1. The van der Waals surface area contributed by atoms with Gasteiger partial charge in [-0.3, -0.25) is 9.78 Å². The van der Waals surface area contributed by atoms with Crippen LogP contribution in [0.3, 0.4) is 0 Å². The number of hydrogen-bond acceptors (Lipinski definition) is 3. The fraction of sp³-hybridized carbons (Fsp3) is 0.333. The molecule has 1 aliphatic heterocycles. The molecule has 2 heterocycles. The maximum atomic E-state index is 12.3. The molecule has 1 unspecified atom stereocenters. The molecule has 4 nitrogen and oxygen atoms in total. The third-order valence-electron chi connectivity index (χ3n) is 4.06. The smallest absolute Gasteiger partial charge is 0.252 e. The number of aryl methyl sites for hydroxylation is 1. The van der Waals surface area contributed by atoms with E-state index in [4.69, 9.17) is 0 Å². The van der Waals surface area contributed by atoms with Gasteiger partial charge in [-0.05, 0) is 37.9 Å². The summed E-state index contributed by atoms with van der Waals surface area (Å²) in [5, 5.41) is 6.36. The minimum Gasteiger partial charge on any atom is -0.350 e. The number of nitrogens with one attached hydrogen (secondary N) is 2. The molecule has 1 amide bonds. The van der Waals surface area contributed by atoms with Gasteiger partial charge in [-0.25, -0.2) is 0 Å². The van der Waals surface area contributed by atoms with Crippen molar-refractivity contribution >= 4 is 5.91 Å². The van der Waals surface area contributed by atoms with Crippen LogP contribution in [0.25, 0.3) is 11.1 Å². The summed E-state index contributed by atoms with van der Waals surface area (Å²) in [5.41, 5.74) is 3.86. The number of pyridine rings is 1. The van der Waals surface area contributed by atoms with E-state index in [1.165, 1.54) is 12.0 Å². The molecule has 0 radical (unpaired) electrons. The fourth-order valence-corrected chi connectivity index (χ4v) is 2.72. The van der Waals surface area contributed by atoms with Crippen molar-refractivity contribution in [2.75, 3.05) is 13.1 Å². The number of carbonyl (C=O) groups excluding carboxylic acids is 1. The minimum absolute atomic E-state index is 0.0600. The molecule has 22 heavy (non-hydrogen) atoms. The lowest BCUT2D eigenvalue weighted by atomic mass is 10.0. The first-order chi connectivity index (χ1) is 10.7. The first-order valence-corrected chi connectivity index (χ1v) is 7.76. The van der Waals surface area contributed by atoms with Crippen molar-refractivity contribution in [1.82, 2.24) is 15.6 Å². The van der Waals surface area contributed by atoms with E-state index in [9.17, 15) is 4.79 Å². The van der Waals surface area contributed by atoms with E-state index >= 15 is 0 Å². The topological polar surface area (TPSA) is 54.0 Å². The van der Waals surface area contributed by atoms with Crippen LogP contribution in [-0.2, 0) is 0 Å². The molecular weight excluding hydrogens is 274 g/mol. The van der Waals surface area contributed by atoms with E-state index < -0.39 is 0 Å². The van der Waals surface area contributed by atoms with Gasteiger partial charge >= 0.3 is 0 Å². The number of nitrogens with zero attached hydrogens (tertiary/aromatic N) is 1. The maximum Gasteiger partial charge on any atom is 0.252 e. The normalized spacial score (nSPS) is 17.4. The Kier molecular flexibility index (Phi) is 4.49. The van der Waals surface area contributed by atoms with Gasteiger partial charge in [0.2, 0.25) is 0 Å². The van der Waals surface area contributed by atoms with Gasteiger partial charge in [-0.2, -0.15) is 0 Å². The van der Waals surface area contributed by atoms with Gasteiger partial charge in [0.1, 0.15) is 0 Å². The van der Waals surface area contributed by atoms with Gasteiger partial charge in [0.05, 0.1) is 5.56 Å². The van der Waals surface area contributed by atoms with Gasteiger partial charge in [-0.1, -0.05) is 29.8 Å². The molecule has 1 aromatic carbocycles. The quantitative estimate of drug-likeness (QED) is 0.911. The van der Waals surface area contributed by atoms with Crippen LogP contribution in [-0.4, -0.2) is 30.0 Å². The van der Waals surface area contributed by atoms with Crippen molar-refractivity contribution in [2.24, 2.45) is 0 Å². The van der Waals surface area contributed by atoms with Crippen molar-refractivity contribution in [3.05, 3.63) is 53.9 Å². The summed E-state index contributed by atoms with van der Waals surface area (Å²) in [7, 11) is 0. The number of rotatable bonds is 4. The summed E-state index contributed by atoms with van der Waals surface area (Å²) in [4.78, 5) is 16.5.